The summed E-state index contributed by atoms with van der Waals surface area (Å²) in [5.74, 6) is -0.385. The van der Waals surface area contributed by atoms with E-state index in [1.54, 1.807) is 12.1 Å². The van der Waals surface area contributed by atoms with Crippen LogP contribution in [0.1, 0.15) is 16.7 Å². The summed E-state index contributed by atoms with van der Waals surface area (Å²) in [5.41, 5.74) is 2.23. The van der Waals surface area contributed by atoms with Crippen LogP contribution in [-0.2, 0) is 37.8 Å². The number of phosphoric acid groups is 1. The van der Waals surface area contributed by atoms with Crippen molar-refractivity contribution in [2.45, 2.75) is 25.7 Å². The molecule has 0 bridgehead atoms. The molecule has 3 aromatic rings. The largest absolute Gasteiger partial charge is 0.475 e. The van der Waals surface area contributed by atoms with Crippen LogP contribution >= 0.6 is 7.82 Å². The van der Waals surface area contributed by atoms with Crippen LogP contribution in [0.2, 0.25) is 0 Å². The minimum Gasteiger partial charge on any atom is -0.390 e. The zero-order valence-electron chi connectivity index (χ0n) is 16.4. The quantitative estimate of drug-likeness (QED) is 0.419. The average Bonchev–Trinajstić information content (AvgIpc) is 2.77. The lowest BCUT2D eigenvalue weighted by molar-refractivity contribution is 0.0544. The maximum atomic E-state index is 13.3. The summed E-state index contributed by atoms with van der Waals surface area (Å²) in [6, 6.07) is 24.4. The van der Waals surface area contributed by atoms with E-state index >= 15 is 0 Å². The van der Waals surface area contributed by atoms with Crippen LogP contribution in [0.5, 0.6) is 0 Å². The molecule has 0 aliphatic carbocycles. The van der Waals surface area contributed by atoms with Crippen molar-refractivity contribution < 1.29 is 27.6 Å². The van der Waals surface area contributed by atoms with Gasteiger partial charge in [0.25, 0.3) is 0 Å². The Labute approximate surface area is 175 Å². The van der Waals surface area contributed by atoms with Gasteiger partial charge < -0.3 is 5.11 Å². The van der Waals surface area contributed by atoms with E-state index in [1.165, 1.54) is 12.1 Å². The van der Waals surface area contributed by atoms with Gasteiger partial charge in [-0.2, -0.15) is 0 Å². The van der Waals surface area contributed by atoms with Gasteiger partial charge in [0.15, 0.2) is 0 Å². The van der Waals surface area contributed by atoms with Gasteiger partial charge in [-0.1, -0.05) is 72.8 Å². The smallest absolute Gasteiger partial charge is 0.390 e. The van der Waals surface area contributed by atoms with Gasteiger partial charge in [0.2, 0.25) is 0 Å². The van der Waals surface area contributed by atoms with Crippen molar-refractivity contribution in [1.82, 2.24) is 0 Å². The summed E-state index contributed by atoms with van der Waals surface area (Å²) < 4.78 is 42.9. The number of halogens is 1. The predicted octanol–water partition coefficient (Wildman–Crippen LogP) is 5.29. The molecule has 0 saturated carbocycles. The van der Waals surface area contributed by atoms with E-state index in [0.717, 1.165) is 11.1 Å². The van der Waals surface area contributed by atoms with Gasteiger partial charge in [0.05, 0.1) is 25.9 Å². The number of hydrogen-bond donors (Lipinski definition) is 1. The molecule has 5 nitrogen and oxygen atoms in total. The van der Waals surface area contributed by atoms with Crippen molar-refractivity contribution in [2.24, 2.45) is 0 Å². The first-order chi connectivity index (χ1) is 14.5. The SMILES string of the molecule is O=P(OCc1ccccc1)(OCc1ccccc1)OC[C@H](O)Cc1cccc(F)c1. The van der Waals surface area contributed by atoms with E-state index < -0.39 is 13.9 Å². The Morgan fingerprint density at radius 1 is 0.767 bits per heavy atom. The second-order valence-corrected chi connectivity index (χ2v) is 8.42. The van der Waals surface area contributed by atoms with E-state index in [0.29, 0.717) is 5.56 Å². The second-order valence-electron chi connectivity index (χ2n) is 6.75. The topological polar surface area (TPSA) is 65.0 Å². The molecule has 0 amide bonds. The van der Waals surface area contributed by atoms with Crippen molar-refractivity contribution in [1.29, 1.82) is 0 Å². The molecule has 30 heavy (non-hydrogen) atoms. The minimum absolute atomic E-state index is 0.0346. The fraction of sp³-hybridized carbons (Fsp3) is 0.217. The normalized spacial score (nSPS) is 12.6. The highest BCUT2D eigenvalue weighted by Crippen LogP contribution is 2.51. The molecule has 0 heterocycles. The first-order valence-electron chi connectivity index (χ1n) is 9.56. The highest BCUT2D eigenvalue weighted by Gasteiger charge is 2.28. The molecule has 0 aromatic heterocycles. The summed E-state index contributed by atoms with van der Waals surface area (Å²) in [6.07, 6.45) is -0.851. The molecule has 3 rings (SSSR count). The third-order valence-electron chi connectivity index (χ3n) is 4.25. The number of hydrogen-bond acceptors (Lipinski definition) is 5. The second kappa shape index (κ2) is 11.2. The van der Waals surface area contributed by atoms with Gasteiger partial charge in [0.1, 0.15) is 5.82 Å². The highest BCUT2D eigenvalue weighted by molar-refractivity contribution is 7.48. The standard InChI is InChI=1S/C23H24FO5P/c24-22-13-7-12-21(14-22)15-23(25)18-29-30(26,27-16-19-8-3-1-4-9-19)28-17-20-10-5-2-6-11-20/h1-14,23,25H,15-18H2/t23-/m1/s1. The van der Waals surface area contributed by atoms with Gasteiger partial charge >= 0.3 is 7.82 Å². The lowest BCUT2D eigenvalue weighted by Gasteiger charge is -2.20. The molecular weight excluding hydrogens is 406 g/mol. The number of aliphatic hydroxyl groups excluding tert-OH is 1. The number of benzene rings is 3. The zero-order valence-corrected chi connectivity index (χ0v) is 17.3. The molecule has 0 unspecified atom stereocenters. The minimum atomic E-state index is -3.95. The lowest BCUT2D eigenvalue weighted by Crippen LogP contribution is -2.18. The predicted molar refractivity (Wildman–Crippen MR) is 112 cm³/mol. The third kappa shape index (κ3) is 7.48. The average molecular weight is 430 g/mol. The molecule has 0 fully saturated rings. The maximum absolute atomic E-state index is 13.3. The van der Waals surface area contributed by atoms with Crippen LogP contribution in [0.4, 0.5) is 4.39 Å². The monoisotopic (exact) mass is 430 g/mol. The molecule has 3 aromatic carbocycles. The Hall–Kier alpha value is -2.34. The molecule has 0 saturated heterocycles. The highest BCUT2D eigenvalue weighted by atomic mass is 31.2. The molecule has 7 heteroatoms. The Bertz CT molecular complexity index is 905. The Balaban J connectivity index is 1.61. The van der Waals surface area contributed by atoms with Crippen LogP contribution < -0.4 is 0 Å². The summed E-state index contributed by atoms with van der Waals surface area (Å²) in [4.78, 5) is 0. The molecule has 0 spiro atoms. The third-order valence-corrected chi connectivity index (χ3v) is 5.61. The first kappa shape index (κ1) is 22.3. The Morgan fingerprint density at radius 3 is 1.83 bits per heavy atom. The van der Waals surface area contributed by atoms with E-state index in [-0.39, 0.29) is 32.1 Å². The fourth-order valence-corrected chi connectivity index (χ4v) is 3.93. The van der Waals surface area contributed by atoms with Gasteiger partial charge in [-0.3, -0.25) is 13.6 Å². The summed E-state index contributed by atoms with van der Waals surface area (Å²) in [6.45, 7) is -0.211. The fourth-order valence-electron chi connectivity index (χ4n) is 2.74. The molecule has 0 radical (unpaired) electrons. The van der Waals surface area contributed by atoms with Crippen molar-refractivity contribution in [3.63, 3.8) is 0 Å². The summed E-state index contributed by atoms with van der Waals surface area (Å²) in [7, 11) is -3.95. The number of phosphoric ester groups is 1. The van der Waals surface area contributed by atoms with Crippen molar-refractivity contribution >= 4 is 7.82 Å². The van der Waals surface area contributed by atoms with Gasteiger partial charge in [-0.15, -0.1) is 0 Å². The van der Waals surface area contributed by atoms with E-state index in [2.05, 4.69) is 0 Å². The molecular formula is C23H24FO5P. The maximum Gasteiger partial charge on any atom is 0.475 e. The van der Waals surface area contributed by atoms with E-state index in [1.807, 2.05) is 60.7 Å². The molecule has 1 N–H and O–H groups in total. The van der Waals surface area contributed by atoms with E-state index in [4.69, 9.17) is 13.6 Å². The molecule has 0 aliphatic heterocycles. The van der Waals surface area contributed by atoms with E-state index in [9.17, 15) is 14.1 Å². The Kier molecular flexibility index (Phi) is 8.31. The lowest BCUT2D eigenvalue weighted by atomic mass is 10.1. The van der Waals surface area contributed by atoms with Crippen LogP contribution in [0.3, 0.4) is 0 Å². The van der Waals surface area contributed by atoms with Crippen molar-refractivity contribution in [3.8, 4) is 0 Å². The first-order valence-corrected chi connectivity index (χ1v) is 11.0. The van der Waals surface area contributed by atoms with Crippen LogP contribution in [-0.4, -0.2) is 17.8 Å². The van der Waals surface area contributed by atoms with Crippen LogP contribution in [0.15, 0.2) is 84.9 Å². The van der Waals surface area contributed by atoms with Crippen LogP contribution in [0, 0.1) is 5.82 Å². The summed E-state index contributed by atoms with van der Waals surface area (Å²) >= 11 is 0. The summed E-state index contributed by atoms with van der Waals surface area (Å²) in [5, 5.41) is 10.2. The van der Waals surface area contributed by atoms with Crippen LogP contribution in [0.25, 0.3) is 0 Å². The molecule has 1 atom stereocenters. The van der Waals surface area contributed by atoms with Crippen molar-refractivity contribution in [2.75, 3.05) is 6.61 Å². The van der Waals surface area contributed by atoms with Crippen molar-refractivity contribution in [3.05, 3.63) is 107 Å². The number of aliphatic hydroxyl groups is 1. The Morgan fingerprint density at radius 2 is 1.30 bits per heavy atom. The number of rotatable bonds is 11. The zero-order chi connectivity index (χ0) is 21.2. The van der Waals surface area contributed by atoms with Gasteiger partial charge in [-0.25, -0.2) is 8.96 Å². The van der Waals surface area contributed by atoms with Gasteiger partial charge in [-0.05, 0) is 28.8 Å². The molecule has 158 valence electrons. The van der Waals surface area contributed by atoms with Gasteiger partial charge in [0, 0.05) is 6.42 Å². The molecule has 0 aliphatic rings.